The molecule has 2 unspecified atom stereocenters. The molecule has 74 heavy (non-hydrogen) atoms. The van der Waals surface area contributed by atoms with Gasteiger partial charge in [-0.1, -0.05) is 322 Å². The molecule has 0 fully saturated rings. The zero-order chi connectivity index (χ0) is 53.4. The second-order valence-electron chi connectivity index (χ2n) is 21.4. The summed E-state index contributed by atoms with van der Waals surface area (Å²) < 4.78 is 0. The molecule has 426 valence electrons. The van der Waals surface area contributed by atoms with Crippen LogP contribution in [0.3, 0.4) is 0 Å². The lowest BCUT2D eigenvalue weighted by atomic mass is 10.0. The molecule has 0 aromatic heterocycles. The third-order valence-electron chi connectivity index (χ3n) is 14.2. The average Bonchev–Trinajstić information content (AvgIpc) is 3.40. The van der Waals surface area contributed by atoms with Crippen LogP contribution in [0.2, 0.25) is 0 Å². The predicted octanol–water partition coefficient (Wildman–Crippen LogP) is 21.8. The molecule has 0 aliphatic rings. The van der Waals surface area contributed by atoms with Crippen LogP contribution in [-0.2, 0) is 4.79 Å². The van der Waals surface area contributed by atoms with Crippen molar-refractivity contribution in [1.29, 1.82) is 0 Å². The van der Waals surface area contributed by atoms with Gasteiger partial charge in [0.15, 0.2) is 0 Å². The molecule has 0 aromatic rings. The van der Waals surface area contributed by atoms with Gasteiger partial charge in [-0.05, 0) is 89.9 Å². The first-order chi connectivity index (χ1) is 36.7. The van der Waals surface area contributed by atoms with Crippen molar-refractivity contribution < 1.29 is 15.0 Å². The van der Waals surface area contributed by atoms with E-state index in [-0.39, 0.29) is 12.5 Å². The molecule has 0 aliphatic carbocycles. The topological polar surface area (TPSA) is 69.6 Å². The van der Waals surface area contributed by atoms with Crippen molar-refractivity contribution in [3.05, 3.63) is 109 Å². The molecule has 0 saturated heterocycles. The smallest absolute Gasteiger partial charge is 0.220 e. The number of hydrogen-bond acceptors (Lipinski definition) is 3. The predicted molar refractivity (Wildman–Crippen MR) is 331 cm³/mol. The Bertz CT molecular complexity index is 1400. The van der Waals surface area contributed by atoms with Crippen LogP contribution in [0.15, 0.2) is 109 Å². The highest BCUT2D eigenvalue weighted by molar-refractivity contribution is 5.76. The lowest BCUT2D eigenvalue weighted by Gasteiger charge is -2.19. The normalized spacial score (nSPS) is 13.5. The van der Waals surface area contributed by atoms with E-state index in [0.29, 0.717) is 6.42 Å². The Morgan fingerprint density at radius 2 is 0.608 bits per heavy atom. The van der Waals surface area contributed by atoms with Crippen molar-refractivity contribution in [1.82, 2.24) is 5.32 Å². The van der Waals surface area contributed by atoms with Crippen LogP contribution in [0.25, 0.3) is 0 Å². The molecule has 1 amide bonds. The summed E-state index contributed by atoms with van der Waals surface area (Å²) in [5.41, 5.74) is 0. The standard InChI is InChI=1S/C70H123NO3/c1-3-5-7-9-11-13-15-17-19-21-23-25-27-29-31-32-33-34-35-36-37-38-40-42-44-46-48-50-52-54-56-58-60-62-64-66-70(74)71-68(67-72)69(73)65-63-61-59-57-55-53-51-49-47-45-43-41-39-30-28-26-24-22-20-18-16-14-12-10-8-6-4-2/h5,7,11,13,17,19,23,25,29,31,33-34,36-37,55,57,63,65,68-69,72-73H,3-4,6,8-10,12,14-16,18,20-22,24,26-28,30,32,35,38-54,56,58-62,64,66-67H2,1-2H3,(H,71,74)/b7-5-,13-11-,19-17-,25-23-,31-29-,34-33-,37-36-,57-55+,65-63+. The molecule has 0 rings (SSSR count). The fourth-order valence-corrected chi connectivity index (χ4v) is 9.41. The first-order valence-corrected chi connectivity index (χ1v) is 32.1. The van der Waals surface area contributed by atoms with E-state index in [1.807, 2.05) is 6.08 Å². The first-order valence-electron chi connectivity index (χ1n) is 32.1. The molecular formula is C70H123NO3. The Kier molecular flexibility index (Phi) is 61.8. The average molecular weight is 1030 g/mol. The zero-order valence-electron chi connectivity index (χ0n) is 49.1. The summed E-state index contributed by atoms with van der Waals surface area (Å²) in [5, 5.41) is 23.2. The van der Waals surface area contributed by atoms with Crippen LogP contribution in [-0.4, -0.2) is 34.9 Å². The fraction of sp³-hybridized carbons (Fsp3) is 0.729. The highest BCUT2D eigenvalue weighted by Gasteiger charge is 2.18. The summed E-state index contributed by atoms with van der Waals surface area (Å²) in [7, 11) is 0. The molecule has 0 spiro atoms. The van der Waals surface area contributed by atoms with Gasteiger partial charge in [-0.2, -0.15) is 0 Å². The van der Waals surface area contributed by atoms with E-state index in [0.717, 1.165) is 77.0 Å². The molecule has 0 aromatic carbocycles. The molecule has 0 radical (unpaired) electrons. The highest BCUT2D eigenvalue weighted by atomic mass is 16.3. The molecule has 4 nitrogen and oxygen atoms in total. The number of allylic oxidation sites excluding steroid dienone is 17. The van der Waals surface area contributed by atoms with E-state index in [1.54, 1.807) is 6.08 Å². The summed E-state index contributed by atoms with van der Waals surface area (Å²) in [5.74, 6) is -0.0760. The number of aliphatic hydroxyl groups excluding tert-OH is 2. The number of aliphatic hydroxyl groups is 2. The minimum Gasteiger partial charge on any atom is -0.394 e. The van der Waals surface area contributed by atoms with Crippen LogP contribution in [0, 0.1) is 0 Å². The SMILES string of the molecule is CC/C=C\C/C=C\C/C=C\C/C=C\C/C=C\C/C=C\C/C=C\CCCCCCCCCCCCCCCC(=O)NC(CO)C(O)/C=C/CC/C=C/CCCCCCCCCCCCCCCCCCCCCCC. The van der Waals surface area contributed by atoms with Gasteiger partial charge < -0.3 is 15.5 Å². The van der Waals surface area contributed by atoms with Gasteiger partial charge in [-0.15, -0.1) is 0 Å². The number of carbonyl (C=O) groups excluding carboxylic acids is 1. The summed E-state index contributed by atoms with van der Waals surface area (Å²) >= 11 is 0. The van der Waals surface area contributed by atoms with Gasteiger partial charge in [0, 0.05) is 6.42 Å². The highest BCUT2D eigenvalue weighted by Crippen LogP contribution is 2.17. The lowest BCUT2D eigenvalue weighted by molar-refractivity contribution is -0.123. The Hall–Kier alpha value is -2.95. The van der Waals surface area contributed by atoms with Gasteiger partial charge in [0.1, 0.15) is 0 Å². The van der Waals surface area contributed by atoms with Crippen LogP contribution >= 0.6 is 0 Å². The Morgan fingerprint density at radius 1 is 0.338 bits per heavy atom. The minimum absolute atomic E-state index is 0.0760. The monoisotopic (exact) mass is 1030 g/mol. The molecule has 0 saturated carbocycles. The molecule has 0 aliphatic heterocycles. The van der Waals surface area contributed by atoms with E-state index >= 15 is 0 Å². The molecular weight excluding hydrogens is 903 g/mol. The summed E-state index contributed by atoms with van der Waals surface area (Å²) in [4.78, 5) is 12.5. The van der Waals surface area contributed by atoms with Crippen molar-refractivity contribution in [2.75, 3.05) is 6.61 Å². The van der Waals surface area contributed by atoms with Crippen molar-refractivity contribution in [3.8, 4) is 0 Å². The third-order valence-corrected chi connectivity index (χ3v) is 14.2. The Labute approximate surface area is 461 Å². The number of amides is 1. The second-order valence-corrected chi connectivity index (χ2v) is 21.4. The molecule has 0 bridgehead atoms. The van der Waals surface area contributed by atoms with E-state index in [2.05, 4.69) is 116 Å². The minimum atomic E-state index is -0.870. The maximum atomic E-state index is 12.5. The zero-order valence-corrected chi connectivity index (χ0v) is 49.1. The first kappa shape index (κ1) is 71.0. The van der Waals surface area contributed by atoms with Crippen LogP contribution < -0.4 is 5.32 Å². The molecule has 3 N–H and O–H groups in total. The van der Waals surface area contributed by atoms with Crippen LogP contribution in [0.1, 0.15) is 309 Å². The van der Waals surface area contributed by atoms with Crippen molar-refractivity contribution in [3.63, 3.8) is 0 Å². The number of carbonyl (C=O) groups is 1. The third kappa shape index (κ3) is 59.9. The number of hydrogen-bond donors (Lipinski definition) is 3. The largest absolute Gasteiger partial charge is 0.394 e. The van der Waals surface area contributed by atoms with E-state index in [9.17, 15) is 15.0 Å². The summed E-state index contributed by atoms with van der Waals surface area (Å²) in [6.07, 6.45) is 97.1. The number of rotatable bonds is 58. The van der Waals surface area contributed by atoms with Gasteiger partial charge in [0.2, 0.25) is 5.91 Å². The molecule has 0 heterocycles. The summed E-state index contributed by atoms with van der Waals surface area (Å²) in [6, 6.07) is -0.648. The lowest BCUT2D eigenvalue weighted by Crippen LogP contribution is -2.45. The molecule has 2 atom stereocenters. The number of unbranched alkanes of at least 4 members (excludes halogenated alkanes) is 35. The Morgan fingerprint density at radius 3 is 0.946 bits per heavy atom. The maximum absolute atomic E-state index is 12.5. The van der Waals surface area contributed by atoms with Crippen molar-refractivity contribution in [2.24, 2.45) is 0 Å². The summed E-state index contributed by atoms with van der Waals surface area (Å²) in [6.45, 7) is 4.20. The van der Waals surface area contributed by atoms with E-state index in [4.69, 9.17) is 0 Å². The second kappa shape index (κ2) is 64.3. The van der Waals surface area contributed by atoms with Gasteiger partial charge in [0.05, 0.1) is 18.8 Å². The fourth-order valence-electron chi connectivity index (χ4n) is 9.41. The molecule has 4 heteroatoms. The van der Waals surface area contributed by atoms with Gasteiger partial charge in [0.25, 0.3) is 0 Å². The van der Waals surface area contributed by atoms with Gasteiger partial charge in [-0.25, -0.2) is 0 Å². The quantitative estimate of drug-likeness (QED) is 0.0420. The van der Waals surface area contributed by atoms with Crippen molar-refractivity contribution >= 4 is 5.91 Å². The van der Waals surface area contributed by atoms with E-state index < -0.39 is 12.1 Å². The maximum Gasteiger partial charge on any atom is 0.220 e. The Balaban J connectivity index is 3.55. The van der Waals surface area contributed by atoms with Gasteiger partial charge >= 0.3 is 0 Å². The van der Waals surface area contributed by atoms with Crippen LogP contribution in [0.5, 0.6) is 0 Å². The number of nitrogens with one attached hydrogen (secondary N) is 1. The van der Waals surface area contributed by atoms with E-state index in [1.165, 1.54) is 212 Å². The van der Waals surface area contributed by atoms with Crippen LogP contribution in [0.4, 0.5) is 0 Å². The van der Waals surface area contributed by atoms with Gasteiger partial charge in [-0.3, -0.25) is 4.79 Å². The van der Waals surface area contributed by atoms with Crippen molar-refractivity contribution in [2.45, 2.75) is 321 Å².